The average Bonchev–Trinajstić information content (AvgIpc) is 2.27. The molecule has 0 bridgehead atoms. The first-order chi connectivity index (χ1) is 8.08. The third-order valence-corrected chi connectivity index (χ3v) is 2.77. The quantitative estimate of drug-likeness (QED) is 0.709. The predicted octanol–water partition coefficient (Wildman–Crippen LogP) is 3.48. The van der Waals surface area contributed by atoms with Crippen LogP contribution in [0, 0.1) is 5.92 Å². The highest BCUT2D eigenvalue weighted by atomic mass is 16.6. The van der Waals surface area contributed by atoms with E-state index in [9.17, 15) is 9.59 Å². The lowest BCUT2D eigenvalue weighted by molar-refractivity contribution is -0.119. The first kappa shape index (κ1) is 13.8. The van der Waals surface area contributed by atoms with Gasteiger partial charge in [-0.05, 0) is 32.6 Å². The van der Waals surface area contributed by atoms with Crippen molar-refractivity contribution >= 4 is 12.0 Å². The Bertz CT molecular complexity index is 294. The number of carbonyl (C=O) groups excluding carboxylic acids is 2. The summed E-state index contributed by atoms with van der Waals surface area (Å²) in [7, 11) is 0. The molecule has 0 aromatic rings. The van der Waals surface area contributed by atoms with Gasteiger partial charge in [0.15, 0.2) is 0 Å². The Morgan fingerprint density at radius 2 is 1.82 bits per heavy atom. The molecule has 0 N–H and O–H groups in total. The molecule has 5 nitrogen and oxygen atoms in total. The van der Waals surface area contributed by atoms with E-state index >= 15 is 0 Å². The molecule has 17 heavy (non-hydrogen) atoms. The minimum atomic E-state index is -0.794. The van der Waals surface area contributed by atoms with Crippen LogP contribution in [0.2, 0.25) is 0 Å². The van der Waals surface area contributed by atoms with Gasteiger partial charge in [-0.3, -0.25) is 4.79 Å². The molecule has 0 aliphatic heterocycles. The van der Waals surface area contributed by atoms with E-state index in [2.05, 4.69) is 10.2 Å². The number of hydrogen-bond donors (Lipinski definition) is 0. The van der Waals surface area contributed by atoms with Gasteiger partial charge in [0.25, 0.3) is 5.91 Å². The number of amides is 2. The van der Waals surface area contributed by atoms with Gasteiger partial charge in [0.05, 0.1) is 6.10 Å². The maximum atomic E-state index is 11.4. The standard InChI is InChI=1S/C12H20N2O3/c1-9(2)17-12(16)14-13-11(15)8-10-6-4-3-5-7-10/h9-10H,3-8H2,1-2H3. The molecule has 5 heteroatoms. The van der Waals surface area contributed by atoms with Gasteiger partial charge >= 0.3 is 6.09 Å². The minimum absolute atomic E-state index is 0.241. The van der Waals surface area contributed by atoms with Crippen molar-refractivity contribution in [3.8, 4) is 0 Å². The summed E-state index contributed by atoms with van der Waals surface area (Å²) < 4.78 is 4.74. The fourth-order valence-corrected chi connectivity index (χ4v) is 2.00. The van der Waals surface area contributed by atoms with E-state index in [1.54, 1.807) is 13.8 Å². The summed E-state index contributed by atoms with van der Waals surface area (Å²) >= 11 is 0. The average molecular weight is 240 g/mol. The molecule has 0 unspecified atom stereocenters. The number of rotatable bonds is 3. The van der Waals surface area contributed by atoms with Crippen LogP contribution in [0.3, 0.4) is 0 Å². The van der Waals surface area contributed by atoms with Crippen molar-refractivity contribution in [1.82, 2.24) is 0 Å². The molecule has 1 fully saturated rings. The molecule has 1 aliphatic carbocycles. The number of hydrogen-bond acceptors (Lipinski definition) is 3. The van der Waals surface area contributed by atoms with Crippen LogP contribution in [-0.2, 0) is 9.53 Å². The Hall–Kier alpha value is -1.26. The monoisotopic (exact) mass is 240 g/mol. The highest BCUT2D eigenvalue weighted by Gasteiger charge is 2.17. The predicted molar refractivity (Wildman–Crippen MR) is 62.7 cm³/mol. The third kappa shape index (κ3) is 6.14. The van der Waals surface area contributed by atoms with E-state index in [1.807, 2.05) is 0 Å². The molecular weight excluding hydrogens is 220 g/mol. The number of azo groups is 1. The summed E-state index contributed by atoms with van der Waals surface area (Å²) in [5, 5.41) is 6.63. The van der Waals surface area contributed by atoms with E-state index in [4.69, 9.17) is 4.74 Å². The van der Waals surface area contributed by atoms with Crippen molar-refractivity contribution in [3.05, 3.63) is 0 Å². The lowest BCUT2D eigenvalue weighted by atomic mass is 9.87. The molecule has 0 atom stereocenters. The lowest BCUT2D eigenvalue weighted by Gasteiger charge is -2.19. The Morgan fingerprint density at radius 1 is 1.18 bits per heavy atom. The zero-order chi connectivity index (χ0) is 12.7. The minimum Gasteiger partial charge on any atom is -0.444 e. The van der Waals surface area contributed by atoms with Crippen LogP contribution in [0.25, 0.3) is 0 Å². The molecule has 0 saturated heterocycles. The van der Waals surface area contributed by atoms with E-state index in [0.717, 1.165) is 12.8 Å². The van der Waals surface area contributed by atoms with E-state index in [1.165, 1.54) is 19.3 Å². The second kappa shape index (κ2) is 7.14. The fourth-order valence-electron chi connectivity index (χ4n) is 2.00. The van der Waals surface area contributed by atoms with Crippen molar-refractivity contribution in [2.45, 2.75) is 58.5 Å². The molecule has 2 amide bonds. The lowest BCUT2D eigenvalue weighted by Crippen LogP contribution is -2.11. The smallest absolute Gasteiger partial charge is 0.444 e. The van der Waals surface area contributed by atoms with Crippen molar-refractivity contribution < 1.29 is 14.3 Å². The molecule has 0 aromatic carbocycles. The van der Waals surface area contributed by atoms with Gasteiger partial charge in [-0.15, -0.1) is 5.11 Å². The first-order valence-corrected chi connectivity index (χ1v) is 6.23. The van der Waals surface area contributed by atoms with Gasteiger partial charge in [0.1, 0.15) is 0 Å². The van der Waals surface area contributed by atoms with Gasteiger partial charge in [-0.2, -0.15) is 0 Å². The van der Waals surface area contributed by atoms with Crippen LogP contribution in [0.15, 0.2) is 10.2 Å². The van der Waals surface area contributed by atoms with Crippen LogP contribution >= 0.6 is 0 Å². The summed E-state index contributed by atoms with van der Waals surface area (Å²) in [6.07, 6.45) is 5.15. The molecule has 0 radical (unpaired) electrons. The third-order valence-electron chi connectivity index (χ3n) is 2.77. The van der Waals surface area contributed by atoms with Crippen molar-refractivity contribution in [2.75, 3.05) is 0 Å². The van der Waals surface area contributed by atoms with Crippen molar-refractivity contribution in [1.29, 1.82) is 0 Å². The zero-order valence-electron chi connectivity index (χ0n) is 10.5. The maximum Gasteiger partial charge on any atom is 0.452 e. The highest BCUT2D eigenvalue weighted by molar-refractivity contribution is 5.79. The molecule has 1 aliphatic rings. The van der Waals surface area contributed by atoms with Crippen LogP contribution in [0.1, 0.15) is 52.4 Å². The van der Waals surface area contributed by atoms with Crippen LogP contribution < -0.4 is 0 Å². The van der Waals surface area contributed by atoms with Gasteiger partial charge < -0.3 is 4.74 Å². The second-order valence-corrected chi connectivity index (χ2v) is 4.73. The molecule has 0 spiro atoms. The fraction of sp³-hybridized carbons (Fsp3) is 0.833. The molecule has 0 heterocycles. The molecule has 1 rings (SSSR count). The van der Waals surface area contributed by atoms with Crippen LogP contribution in [0.5, 0.6) is 0 Å². The topological polar surface area (TPSA) is 68.1 Å². The van der Waals surface area contributed by atoms with Crippen molar-refractivity contribution in [3.63, 3.8) is 0 Å². The highest BCUT2D eigenvalue weighted by Crippen LogP contribution is 2.26. The van der Waals surface area contributed by atoms with E-state index < -0.39 is 6.09 Å². The maximum absolute atomic E-state index is 11.4. The van der Waals surface area contributed by atoms with Gasteiger partial charge in [-0.1, -0.05) is 24.4 Å². The molecule has 96 valence electrons. The summed E-state index contributed by atoms with van der Waals surface area (Å²) in [6, 6.07) is 0. The van der Waals surface area contributed by atoms with Crippen LogP contribution in [0.4, 0.5) is 4.79 Å². The van der Waals surface area contributed by atoms with E-state index in [-0.39, 0.29) is 12.0 Å². The summed E-state index contributed by atoms with van der Waals surface area (Å²) in [5.74, 6) is 0.0916. The Morgan fingerprint density at radius 3 is 2.41 bits per heavy atom. The molecular formula is C12H20N2O3. The Labute approximate surface area is 102 Å². The van der Waals surface area contributed by atoms with Gasteiger partial charge in [0.2, 0.25) is 0 Å². The second-order valence-electron chi connectivity index (χ2n) is 4.73. The molecule has 1 saturated carbocycles. The van der Waals surface area contributed by atoms with Gasteiger partial charge in [-0.25, -0.2) is 4.79 Å². The SMILES string of the molecule is CC(C)OC(=O)N=NC(=O)CC1CCCCC1. The zero-order valence-corrected chi connectivity index (χ0v) is 10.5. The number of carbonyl (C=O) groups is 2. The summed E-state index contributed by atoms with van der Waals surface area (Å²) in [5.41, 5.74) is 0. The van der Waals surface area contributed by atoms with Gasteiger partial charge in [0, 0.05) is 6.42 Å². The van der Waals surface area contributed by atoms with Crippen LogP contribution in [-0.4, -0.2) is 18.1 Å². The first-order valence-electron chi connectivity index (χ1n) is 6.23. The summed E-state index contributed by atoms with van der Waals surface area (Å²) in [4.78, 5) is 22.4. The Balaban J connectivity index is 2.28. The number of ether oxygens (including phenoxy) is 1. The summed E-state index contributed by atoms with van der Waals surface area (Å²) in [6.45, 7) is 3.44. The largest absolute Gasteiger partial charge is 0.452 e. The molecule has 0 aromatic heterocycles. The Kier molecular flexibility index (Phi) is 5.80. The number of nitrogens with zero attached hydrogens (tertiary/aromatic N) is 2. The van der Waals surface area contributed by atoms with Crippen molar-refractivity contribution in [2.24, 2.45) is 16.1 Å². The normalized spacial score (nSPS) is 17.6. The van der Waals surface area contributed by atoms with E-state index in [0.29, 0.717) is 12.3 Å².